The number of amides is 2. The zero-order chi connectivity index (χ0) is 21.1. The molecule has 0 spiro atoms. The van der Waals surface area contributed by atoms with E-state index >= 15 is 0 Å². The Morgan fingerprint density at radius 1 is 1.10 bits per heavy atom. The summed E-state index contributed by atoms with van der Waals surface area (Å²) in [5, 5.41) is 7.50. The van der Waals surface area contributed by atoms with Crippen LogP contribution in [0, 0.1) is 5.92 Å². The first-order chi connectivity index (χ1) is 14.5. The Morgan fingerprint density at radius 3 is 2.70 bits per heavy atom. The van der Waals surface area contributed by atoms with Crippen molar-refractivity contribution < 1.29 is 14.0 Å². The largest absolute Gasteiger partial charge is 0.455 e. The van der Waals surface area contributed by atoms with Crippen molar-refractivity contribution in [3.05, 3.63) is 82.0 Å². The minimum atomic E-state index is -0.845. The second kappa shape index (κ2) is 8.73. The van der Waals surface area contributed by atoms with Crippen LogP contribution in [0.5, 0.6) is 0 Å². The average molecular weight is 442 g/mol. The molecule has 30 heavy (non-hydrogen) atoms. The van der Waals surface area contributed by atoms with Gasteiger partial charge >= 0.3 is 0 Å². The van der Waals surface area contributed by atoms with Crippen LogP contribution in [0.15, 0.2) is 70.2 Å². The maximum absolute atomic E-state index is 12.6. The highest BCUT2D eigenvalue weighted by atomic mass is 35.5. The number of hydrazone groups is 1. The topological polar surface area (TPSA) is 83.7 Å². The highest BCUT2D eigenvalue weighted by Gasteiger charge is 2.40. The van der Waals surface area contributed by atoms with Gasteiger partial charge in [-0.15, -0.1) is 0 Å². The fourth-order valence-electron chi connectivity index (χ4n) is 3.42. The van der Waals surface area contributed by atoms with E-state index in [9.17, 15) is 9.59 Å². The summed E-state index contributed by atoms with van der Waals surface area (Å²) in [6.07, 6.45) is 1.37. The Kier molecular flexibility index (Phi) is 5.88. The van der Waals surface area contributed by atoms with Gasteiger partial charge in [0.1, 0.15) is 17.4 Å². The fraction of sp³-hybridized carbons (Fsp3) is 0.136. The summed E-state index contributed by atoms with van der Waals surface area (Å²) in [5.41, 5.74) is 4.01. The van der Waals surface area contributed by atoms with E-state index in [1.165, 1.54) is 6.21 Å². The molecule has 0 unspecified atom stereocenters. The van der Waals surface area contributed by atoms with Gasteiger partial charge in [-0.2, -0.15) is 5.10 Å². The predicted molar refractivity (Wildman–Crippen MR) is 116 cm³/mol. The van der Waals surface area contributed by atoms with Gasteiger partial charge in [-0.05, 0) is 29.8 Å². The number of carbonyl (C=O) groups excluding carboxylic acids is 2. The normalized spacial score (nSPS) is 18.5. The monoisotopic (exact) mass is 441 g/mol. The Labute approximate surface area is 182 Å². The third kappa shape index (κ3) is 4.10. The summed E-state index contributed by atoms with van der Waals surface area (Å²) >= 11 is 12.3. The van der Waals surface area contributed by atoms with E-state index in [1.807, 2.05) is 30.3 Å². The van der Waals surface area contributed by atoms with E-state index in [-0.39, 0.29) is 11.8 Å². The molecule has 2 aromatic carbocycles. The number of rotatable bonds is 5. The highest BCUT2D eigenvalue weighted by molar-refractivity contribution is 6.43. The van der Waals surface area contributed by atoms with Crippen molar-refractivity contribution in [3.63, 3.8) is 0 Å². The van der Waals surface area contributed by atoms with E-state index in [1.54, 1.807) is 30.3 Å². The van der Waals surface area contributed by atoms with Crippen LogP contribution < -0.4 is 10.7 Å². The third-order valence-corrected chi connectivity index (χ3v) is 5.72. The van der Waals surface area contributed by atoms with Crippen LogP contribution in [-0.4, -0.2) is 24.6 Å². The quantitative estimate of drug-likeness (QED) is 0.352. The first kappa shape index (κ1) is 20.2. The molecule has 3 aromatic rings. The number of benzene rings is 2. The number of hydrogen-bond acceptors (Lipinski definition) is 4. The molecule has 6 nitrogen and oxygen atoms in total. The van der Waals surface area contributed by atoms with Gasteiger partial charge in [0.05, 0.1) is 16.3 Å². The van der Waals surface area contributed by atoms with Gasteiger partial charge in [0, 0.05) is 18.0 Å². The molecule has 1 aromatic heterocycles. The molecule has 2 N–H and O–H groups in total. The lowest BCUT2D eigenvalue weighted by atomic mass is 9.88. The summed E-state index contributed by atoms with van der Waals surface area (Å²) < 4.78 is 5.70. The van der Waals surface area contributed by atoms with Crippen molar-refractivity contribution >= 4 is 41.2 Å². The predicted octanol–water partition coefficient (Wildman–Crippen LogP) is 4.23. The molecule has 0 bridgehead atoms. The van der Waals surface area contributed by atoms with Gasteiger partial charge in [-0.3, -0.25) is 9.59 Å². The Hall–Kier alpha value is -3.09. The molecule has 2 atom stereocenters. The van der Waals surface area contributed by atoms with Crippen LogP contribution in [0.25, 0.3) is 11.3 Å². The highest BCUT2D eigenvalue weighted by Crippen LogP contribution is 2.34. The first-order valence-corrected chi connectivity index (χ1v) is 10.00. The van der Waals surface area contributed by atoms with E-state index in [4.69, 9.17) is 27.6 Å². The number of nitrogens with one attached hydrogen (secondary N) is 2. The second-order valence-electron chi connectivity index (χ2n) is 6.78. The minimum absolute atomic E-state index is 0.242. The molecule has 8 heteroatoms. The zero-order valence-electron chi connectivity index (χ0n) is 15.6. The number of hydrogen-bond donors (Lipinski definition) is 2. The lowest BCUT2D eigenvalue weighted by Gasteiger charge is -2.15. The summed E-state index contributed by atoms with van der Waals surface area (Å²) in [6.45, 7) is 0.409. The Bertz CT molecular complexity index is 1110. The van der Waals surface area contributed by atoms with Crippen molar-refractivity contribution in [1.82, 2.24) is 10.7 Å². The van der Waals surface area contributed by atoms with E-state index in [0.717, 1.165) is 5.56 Å². The minimum Gasteiger partial charge on any atom is -0.455 e. The summed E-state index contributed by atoms with van der Waals surface area (Å²) in [6, 6.07) is 18.1. The van der Waals surface area contributed by atoms with Gasteiger partial charge < -0.3 is 9.73 Å². The molecule has 0 aliphatic carbocycles. The molecule has 152 valence electrons. The van der Waals surface area contributed by atoms with Gasteiger partial charge in [0.15, 0.2) is 0 Å². The van der Waals surface area contributed by atoms with Crippen molar-refractivity contribution in [3.8, 4) is 11.3 Å². The zero-order valence-corrected chi connectivity index (χ0v) is 17.2. The maximum Gasteiger partial charge on any atom is 0.253 e. The molecular weight excluding hydrogens is 425 g/mol. The van der Waals surface area contributed by atoms with E-state index in [2.05, 4.69) is 15.8 Å². The Balaban J connectivity index is 1.44. The fourth-order valence-corrected chi connectivity index (χ4v) is 3.82. The molecule has 2 heterocycles. The standard InChI is InChI=1S/C22H17Cl2N3O3/c23-17-8-4-7-15(20(17)24)18-10-9-14(30-18)11-26-27-22(29)19-16(12-25-21(19)28)13-5-2-1-3-6-13/h1-11,16,19H,12H2,(H,25,28)(H,27,29)/b26-11+/t16-,19+/m1/s1. The van der Waals surface area contributed by atoms with Crippen LogP contribution in [-0.2, 0) is 9.59 Å². The molecule has 2 amide bonds. The smallest absolute Gasteiger partial charge is 0.253 e. The molecule has 0 saturated carbocycles. The summed E-state index contributed by atoms with van der Waals surface area (Å²) in [7, 11) is 0. The number of furan rings is 1. The van der Waals surface area contributed by atoms with Gasteiger partial charge in [-0.25, -0.2) is 5.43 Å². The molecule has 1 saturated heterocycles. The van der Waals surface area contributed by atoms with Gasteiger partial charge in [0.25, 0.3) is 5.91 Å². The van der Waals surface area contributed by atoms with Gasteiger partial charge in [-0.1, -0.05) is 59.6 Å². The third-order valence-electron chi connectivity index (χ3n) is 4.90. The number of carbonyl (C=O) groups is 2. The molecular formula is C22H17Cl2N3O3. The van der Waals surface area contributed by atoms with E-state index in [0.29, 0.717) is 33.7 Å². The van der Waals surface area contributed by atoms with Crippen LogP contribution >= 0.6 is 23.2 Å². The molecule has 1 fully saturated rings. The summed E-state index contributed by atoms with van der Waals surface area (Å²) in [5.74, 6) is -0.935. The van der Waals surface area contributed by atoms with Crippen LogP contribution in [0.4, 0.5) is 0 Å². The summed E-state index contributed by atoms with van der Waals surface area (Å²) in [4.78, 5) is 24.8. The van der Waals surface area contributed by atoms with Crippen LogP contribution in [0.1, 0.15) is 17.2 Å². The average Bonchev–Trinajstić information content (AvgIpc) is 3.37. The Morgan fingerprint density at radius 2 is 1.90 bits per heavy atom. The van der Waals surface area contributed by atoms with Crippen LogP contribution in [0.3, 0.4) is 0 Å². The van der Waals surface area contributed by atoms with E-state index < -0.39 is 11.8 Å². The SMILES string of the molecule is O=C1NC[C@H](c2ccccc2)[C@@H]1C(=O)N/N=C/c1ccc(-c2cccc(Cl)c2Cl)o1. The second-order valence-corrected chi connectivity index (χ2v) is 7.56. The number of halogens is 2. The van der Waals surface area contributed by atoms with Crippen molar-refractivity contribution in [2.75, 3.05) is 6.54 Å². The lowest BCUT2D eigenvalue weighted by Crippen LogP contribution is -2.34. The van der Waals surface area contributed by atoms with Crippen molar-refractivity contribution in [1.29, 1.82) is 0 Å². The van der Waals surface area contributed by atoms with Crippen LogP contribution in [0.2, 0.25) is 10.0 Å². The van der Waals surface area contributed by atoms with Gasteiger partial charge in [0.2, 0.25) is 5.91 Å². The molecule has 1 aliphatic heterocycles. The maximum atomic E-state index is 12.6. The van der Waals surface area contributed by atoms with Crippen molar-refractivity contribution in [2.45, 2.75) is 5.92 Å². The molecule has 0 radical (unpaired) electrons. The molecule has 4 rings (SSSR count). The first-order valence-electron chi connectivity index (χ1n) is 9.24. The lowest BCUT2D eigenvalue weighted by molar-refractivity contribution is -0.133. The number of nitrogens with zero attached hydrogens (tertiary/aromatic N) is 1. The molecule has 1 aliphatic rings. The van der Waals surface area contributed by atoms with Crippen molar-refractivity contribution in [2.24, 2.45) is 11.0 Å².